The predicted octanol–water partition coefficient (Wildman–Crippen LogP) is 3.40. The van der Waals surface area contributed by atoms with E-state index in [0.717, 1.165) is 14.5 Å². The van der Waals surface area contributed by atoms with Crippen LogP contribution in [0.3, 0.4) is 0 Å². The highest BCUT2D eigenvalue weighted by atomic mass is 79.9. The third-order valence-electron chi connectivity index (χ3n) is 1.47. The van der Waals surface area contributed by atoms with Gasteiger partial charge in [-0.15, -0.1) is 0 Å². The van der Waals surface area contributed by atoms with E-state index in [1.54, 1.807) is 0 Å². The Kier molecular flexibility index (Phi) is 4.03. The van der Waals surface area contributed by atoms with E-state index in [4.69, 9.17) is 16.7 Å². The highest BCUT2D eigenvalue weighted by Crippen LogP contribution is 2.29. The molecule has 0 heterocycles. The van der Waals surface area contributed by atoms with Crippen LogP contribution in [0, 0.1) is 0 Å². The largest absolute Gasteiger partial charge is 0.396 e. The molecular weight excluding hydrogens is 307 g/mol. The molecule has 1 aromatic rings. The molecule has 0 spiro atoms. The van der Waals surface area contributed by atoms with Crippen molar-refractivity contribution in [3.63, 3.8) is 0 Å². The summed E-state index contributed by atoms with van der Waals surface area (Å²) < 4.78 is 1.85. The normalized spacial score (nSPS) is 10.3. The van der Waals surface area contributed by atoms with Crippen molar-refractivity contribution >= 4 is 43.5 Å². The van der Waals surface area contributed by atoms with Crippen molar-refractivity contribution in [3.8, 4) is 0 Å². The van der Waals surface area contributed by atoms with Crippen molar-refractivity contribution in [1.82, 2.24) is 0 Å². The van der Waals surface area contributed by atoms with Gasteiger partial charge in [0, 0.05) is 20.6 Å². The number of aliphatic hydroxyl groups excluding tert-OH is 1. The maximum atomic E-state index is 8.76. The van der Waals surface area contributed by atoms with Gasteiger partial charge in [-0.1, -0.05) is 43.5 Å². The Morgan fingerprint density at radius 2 is 1.75 bits per heavy atom. The predicted molar refractivity (Wildman–Crippen MR) is 57.6 cm³/mol. The zero-order valence-corrected chi connectivity index (χ0v) is 10.1. The molecule has 1 N–H and O–H groups in total. The van der Waals surface area contributed by atoms with E-state index in [1.165, 1.54) is 0 Å². The number of benzene rings is 1. The lowest BCUT2D eigenvalue weighted by Crippen LogP contribution is -1.93. The monoisotopic (exact) mass is 312 g/mol. The third kappa shape index (κ3) is 2.46. The summed E-state index contributed by atoms with van der Waals surface area (Å²) in [5.41, 5.74) is 1.04. The zero-order chi connectivity index (χ0) is 9.14. The molecule has 1 nitrogen and oxygen atoms in total. The van der Waals surface area contributed by atoms with Crippen LogP contribution in [0.5, 0.6) is 0 Å². The molecule has 1 aromatic carbocycles. The molecule has 0 fully saturated rings. The molecule has 0 aliphatic carbocycles. The second kappa shape index (κ2) is 4.61. The van der Waals surface area contributed by atoms with Gasteiger partial charge in [-0.2, -0.15) is 0 Å². The van der Waals surface area contributed by atoms with Crippen LogP contribution in [0.4, 0.5) is 0 Å². The van der Waals surface area contributed by atoms with E-state index >= 15 is 0 Å². The van der Waals surface area contributed by atoms with Gasteiger partial charge in [0.1, 0.15) is 0 Å². The van der Waals surface area contributed by atoms with Gasteiger partial charge in [0.2, 0.25) is 0 Å². The van der Waals surface area contributed by atoms with E-state index < -0.39 is 0 Å². The minimum atomic E-state index is 0.138. The standard InChI is InChI=1S/C8H7Br2ClO/c9-7-3-5(11)4-8(10)6(7)1-2-12/h3-4,12H,1-2H2. The molecule has 1 rings (SSSR count). The summed E-state index contributed by atoms with van der Waals surface area (Å²) in [4.78, 5) is 0. The fourth-order valence-corrected chi connectivity index (χ4v) is 2.99. The Labute approximate surface area is 93.0 Å². The first kappa shape index (κ1) is 10.5. The minimum absolute atomic E-state index is 0.138. The average Bonchev–Trinajstić information content (AvgIpc) is 1.96. The molecule has 0 aliphatic rings. The minimum Gasteiger partial charge on any atom is -0.396 e. The molecule has 0 aliphatic heterocycles. The molecule has 0 radical (unpaired) electrons. The van der Waals surface area contributed by atoms with Crippen LogP contribution >= 0.6 is 43.5 Å². The van der Waals surface area contributed by atoms with Crippen molar-refractivity contribution in [3.05, 3.63) is 31.7 Å². The summed E-state index contributed by atoms with van der Waals surface area (Å²) in [6.07, 6.45) is 0.623. The van der Waals surface area contributed by atoms with Crippen LogP contribution in [-0.4, -0.2) is 11.7 Å². The highest BCUT2D eigenvalue weighted by Gasteiger charge is 2.05. The second-order valence-electron chi connectivity index (χ2n) is 2.32. The highest BCUT2D eigenvalue weighted by molar-refractivity contribution is 9.11. The SMILES string of the molecule is OCCc1c(Br)cc(Cl)cc1Br. The molecule has 0 atom stereocenters. The van der Waals surface area contributed by atoms with Gasteiger partial charge in [0.25, 0.3) is 0 Å². The second-order valence-corrected chi connectivity index (χ2v) is 4.47. The van der Waals surface area contributed by atoms with Crippen molar-refractivity contribution in [2.24, 2.45) is 0 Å². The quantitative estimate of drug-likeness (QED) is 0.887. The summed E-state index contributed by atoms with van der Waals surface area (Å²) in [6, 6.07) is 3.63. The lowest BCUT2D eigenvalue weighted by Gasteiger charge is -2.05. The maximum absolute atomic E-state index is 8.76. The maximum Gasteiger partial charge on any atom is 0.0472 e. The first-order valence-electron chi connectivity index (χ1n) is 3.39. The van der Waals surface area contributed by atoms with Crippen molar-refractivity contribution in [2.75, 3.05) is 6.61 Å². The topological polar surface area (TPSA) is 20.2 Å². The van der Waals surface area contributed by atoms with Gasteiger partial charge < -0.3 is 5.11 Å². The number of aliphatic hydroxyl groups is 1. The van der Waals surface area contributed by atoms with Crippen LogP contribution in [0.1, 0.15) is 5.56 Å². The molecular formula is C8H7Br2ClO. The lowest BCUT2D eigenvalue weighted by molar-refractivity contribution is 0.299. The molecule has 4 heteroatoms. The Bertz CT molecular complexity index is 265. The summed E-state index contributed by atoms with van der Waals surface area (Å²) in [7, 11) is 0. The van der Waals surface area contributed by atoms with Crippen molar-refractivity contribution in [2.45, 2.75) is 6.42 Å². The first-order chi connectivity index (χ1) is 5.65. The Morgan fingerprint density at radius 1 is 1.25 bits per heavy atom. The molecule has 0 saturated carbocycles. The van der Waals surface area contributed by atoms with Crippen molar-refractivity contribution in [1.29, 1.82) is 0 Å². The van der Waals surface area contributed by atoms with E-state index in [0.29, 0.717) is 11.4 Å². The summed E-state index contributed by atoms with van der Waals surface area (Å²) in [6.45, 7) is 0.138. The number of hydrogen-bond acceptors (Lipinski definition) is 1. The molecule has 0 saturated heterocycles. The summed E-state index contributed by atoms with van der Waals surface area (Å²) >= 11 is 12.5. The molecule has 66 valence electrons. The Balaban J connectivity index is 3.10. The van der Waals surface area contributed by atoms with Gasteiger partial charge in [-0.25, -0.2) is 0 Å². The van der Waals surface area contributed by atoms with Gasteiger partial charge in [-0.3, -0.25) is 0 Å². The van der Waals surface area contributed by atoms with Crippen LogP contribution in [-0.2, 0) is 6.42 Å². The Hall–Kier alpha value is 0.430. The number of halogens is 3. The first-order valence-corrected chi connectivity index (χ1v) is 5.36. The Morgan fingerprint density at radius 3 is 2.17 bits per heavy atom. The molecule has 0 bridgehead atoms. The van der Waals surface area contributed by atoms with Crippen LogP contribution in [0.25, 0.3) is 0 Å². The van der Waals surface area contributed by atoms with E-state index in [9.17, 15) is 0 Å². The average molecular weight is 314 g/mol. The molecule has 0 amide bonds. The smallest absolute Gasteiger partial charge is 0.0472 e. The molecule has 0 aromatic heterocycles. The summed E-state index contributed by atoms with van der Waals surface area (Å²) in [5.74, 6) is 0. The zero-order valence-electron chi connectivity index (χ0n) is 6.15. The van der Waals surface area contributed by atoms with Gasteiger partial charge in [0.15, 0.2) is 0 Å². The van der Waals surface area contributed by atoms with E-state index in [2.05, 4.69) is 31.9 Å². The van der Waals surface area contributed by atoms with Gasteiger partial charge in [-0.05, 0) is 24.1 Å². The van der Waals surface area contributed by atoms with Crippen LogP contribution < -0.4 is 0 Å². The van der Waals surface area contributed by atoms with Gasteiger partial charge in [0.05, 0.1) is 0 Å². The van der Waals surface area contributed by atoms with E-state index in [1.807, 2.05) is 12.1 Å². The fourth-order valence-electron chi connectivity index (χ4n) is 0.923. The van der Waals surface area contributed by atoms with E-state index in [-0.39, 0.29) is 6.61 Å². The third-order valence-corrected chi connectivity index (χ3v) is 3.10. The van der Waals surface area contributed by atoms with Gasteiger partial charge >= 0.3 is 0 Å². The van der Waals surface area contributed by atoms with Crippen LogP contribution in [0.2, 0.25) is 5.02 Å². The molecule has 12 heavy (non-hydrogen) atoms. The summed E-state index contributed by atoms with van der Waals surface area (Å²) in [5, 5.41) is 9.44. The lowest BCUT2D eigenvalue weighted by atomic mass is 10.2. The molecule has 0 unspecified atom stereocenters. The number of hydrogen-bond donors (Lipinski definition) is 1. The van der Waals surface area contributed by atoms with Crippen LogP contribution in [0.15, 0.2) is 21.1 Å². The fraction of sp³-hybridized carbons (Fsp3) is 0.250. The number of rotatable bonds is 2. The van der Waals surface area contributed by atoms with Crippen molar-refractivity contribution < 1.29 is 5.11 Å².